The topological polar surface area (TPSA) is 67.4 Å². The molecular formula is C16H24N4O2. The number of ether oxygens (including phenoxy) is 1. The quantitative estimate of drug-likeness (QED) is 0.910. The Bertz CT molecular complexity index is 468. The number of nitrogens with one attached hydrogen (secondary N) is 1. The van der Waals surface area contributed by atoms with Crippen LogP contribution in [-0.4, -0.2) is 48.2 Å². The molecule has 2 saturated heterocycles. The first-order valence-corrected chi connectivity index (χ1v) is 8.20. The smallest absolute Gasteiger partial charge is 0.225 e. The van der Waals surface area contributed by atoms with E-state index < -0.39 is 0 Å². The van der Waals surface area contributed by atoms with Gasteiger partial charge in [-0.05, 0) is 37.7 Å². The highest BCUT2D eigenvalue weighted by atomic mass is 16.5. The molecule has 3 rings (SSSR count). The lowest BCUT2D eigenvalue weighted by molar-refractivity contribution is -0.123. The fourth-order valence-electron chi connectivity index (χ4n) is 3.18. The first kappa shape index (κ1) is 15.2. The van der Waals surface area contributed by atoms with E-state index in [0.29, 0.717) is 18.4 Å². The number of rotatable bonds is 4. The lowest BCUT2D eigenvalue weighted by atomic mass is 9.93. The van der Waals surface area contributed by atoms with Gasteiger partial charge in [-0.3, -0.25) is 4.79 Å². The van der Waals surface area contributed by atoms with E-state index in [1.807, 2.05) is 6.07 Å². The second-order valence-electron chi connectivity index (χ2n) is 6.14. The van der Waals surface area contributed by atoms with Gasteiger partial charge in [0.2, 0.25) is 11.9 Å². The molecule has 0 spiro atoms. The van der Waals surface area contributed by atoms with Crippen molar-refractivity contribution in [1.29, 1.82) is 0 Å². The Hall–Kier alpha value is -1.69. The summed E-state index contributed by atoms with van der Waals surface area (Å²) >= 11 is 0. The lowest BCUT2D eigenvalue weighted by Crippen LogP contribution is -2.41. The van der Waals surface area contributed by atoms with Gasteiger partial charge >= 0.3 is 0 Å². The number of hydrogen-bond donors (Lipinski definition) is 1. The predicted octanol–water partition coefficient (Wildman–Crippen LogP) is 1.38. The second-order valence-corrected chi connectivity index (χ2v) is 6.14. The van der Waals surface area contributed by atoms with Crippen LogP contribution in [-0.2, 0) is 9.53 Å². The zero-order chi connectivity index (χ0) is 15.2. The third kappa shape index (κ3) is 4.16. The molecule has 1 aromatic rings. The van der Waals surface area contributed by atoms with Crippen molar-refractivity contribution in [2.75, 3.05) is 31.2 Å². The summed E-state index contributed by atoms with van der Waals surface area (Å²) in [6, 6.07) is 2.13. The number of carbonyl (C=O) groups is 1. The second kappa shape index (κ2) is 7.54. The van der Waals surface area contributed by atoms with Crippen LogP contribution in [0.5, 0.6) is 0 Å². The van der Waals surface area contributed by atoms with Crippen molar-refractivity contribution in [3.8, 4) is 0 Å². The molecule has 0 aromatic carbocycles. The summed E-state index contributed by atoms with van der Waals surface area (Å²) < 4.78 is 5.32. The van der Waals surface area contributed by atoms with Gasteiger partial charge in [-0.15, -0.1) is 0 Å². The van der Waals surface area contributed by atoms with Gasteiger partial charge in [0.15, 0.2) is 0 Å². The zero-order valence-corrected chi connectivity index (χ0v) is 12.9. The molecular weight excluding hydrogens is 280 g/mol. The molecule has 0 bridgehead atoms. The summed E-state index contributed by atoms with van der Waals surface area (Å²) in [7, 11) is 0. The van der Waals surface area contributed by atoms with Crippen molar-refractivity contribution in [3.05, 3.63) is 18.5 Å². The maximum absolute atomic E-state index is 12.1. The van der Waals surface area contributed by atoms with Crippen LogP contribution in [0.3, 0.4) is 0 Å². The summed E-state index contributed by atoms with van der Waals surface area (Å²) in [4.78, 5) is 22.9. The van der Waals surface area contributed by atoms with Crippen LogP contribution in [0, 0.1) is 5.92 Å². The van der Waals surface area contributed by atoms with Gasteiger partial charge in [-0.25, -0.2) is 9.97 Å². The minimum Gasteiger partial charge on any atom is -0.381 e. The molecule has 1 aromatic heterocycles. The Morgan fingerprint density at radius 3 is 2.55 bits per heavy atom. The summed E-state index contributed by atoms with van der Waals surface area (Å²) in [5.41, 5.74) is 0. The molecule has 0 radical (unpaired) electrons. The van der Waals surface area contributed by atoms with Crippen LogP contribution >= 0.6 is 0 Å². The van der Waals surface area contributed by atoms with Crippen molar-refractivity contribution in [3.63, 3.8) is 0 Å². The van der Waals surface area contributed by atoms with Gasteiger partial charge in [-0.2, -0.15) is 0 Å². The molecule has 0 atom stereocenters. The minimum absolute atomic E-state index is 0.196. The van der Waals surface area contributed by atoms with E-state index in [4.69, 9.17) is 4.74 Å². The van der Waals surface area contributed by atoms with Crippen LogP contribution in [0.25, 0.3) is 0 Å². The number of amides is 1. The van der Waals surface area contributed by atoms with Gasteiger partial charge in [-0.1, -0.05) is 0 Å². The highest BCUT2D eigenvalue weighted by Crippen LogP contribution is 2.23. The lowest BCUT2D eigenvalue weighted by Gasteiger charge is -2.32. The highest BCUT2D eigenvalue weighted by Gasteiger charge is 2.24. The maximum Gasteiger partial charge on any atom is 0.225 e. The van der Waals surface area contributed by atoms with Crippen molar-refractivity contribution < 1.29 is 9.53 Å². The van der Waals surface area contributed by atoms with E-state index in [0.717, 1.165) is 57.9 Å². The normalized spacial score (nSPS) is 20.8. The van der Waals surface area contributed by atoms with Crippen molar-refractivity contribution in [2.24, 2.45) is 5.92 Å². The summed E-state index contributed by atoms with van der Waals surface area (Å²) in [6.45, 7) is 3.39. The highest BCUT2D eigenvalue weighted by molar-refractivity contribution is 5.76. The molecule has 3 heterocycles. The first-order valence-electron chi connectivity index (χ1n) is 8.20. The van der Waals surface area contributed by atoms with Gasteiger partial charge in [0.25, 0.3) is 0 Å². The molecule has 0 saturated carbocycles. The fourth-order valence-corrected chi connectivity index (χ4v) is 3.18. The van der Waals surface area contributed by atoms with Crippen molar-refractivity contribution >= 4 is 11.9 Å². The SMILES string of the molecule is O=C(CC1CCN(c2ncccn2)CC1)NC1CCOCC1. The molecule has 1 N–H and O–H groups in total. The van der Waals surface area contributed by atoms with Crippen LogP contribution < -0.4 is 10.2 Å². The monoisotopic (exact) mass is 304 g/mol. The first-order chi connectivity index (χ1) is 10.8. The van der Waals surface area contributed by atoms with E-state index >= 15 is 0 Å². The van der Waals surface area contributed by atoms with Crippen molar-refractivity contribution in [1.82, 2.24) is 15.3 Å². The Morgan fingerprint density at radius 2 is 1.86 bits per heavy atom. The maximum atomic E-state index is 12.1. The van der Waals surface area contributed by atoms with Crippen molar-refractivity contribution in [2.45, 2.75) is 38.1 Å². The molecule has 6 heteroatoms. The Balaban J connectivity index is 1.41. The molecule has 2 aliphatic rings. The van der Waals surface area contributed by atoms with E-state index in [-0.39, 0.29) is 5.91 Å². The number of piperidine rings is 1. The largest absolute Gasteiger partial charge is 0.381 e. The summed E-state index contributed by atoms with van der Waals surface area (Å²) in [5, 5.41) is 3.15. The molecule has 0 unspecified atom stereocenters. The van der Waals surface area contributed by atoms with E-state index in [1.165, 1.54) is 0 Å². The molecule has 0 aliphatic carbocycles. The molecule has 22 heavy (non-hydrogen) atoms. The minimum atomic E-state index is 0.196. The molecule has 2 aliphatic heterocycles. The van der Waals surface area contributed by atoms with Crippen LogP contribution in [0.15, 0.2) is 18.5 Å². The molecule has 2 fully saturated rings. The number of hydrogen-bond acceptors (Lipinski definition) is 5. The standard InChI is InChI=1S/C16H24N4O2/c21-15(19-14-4-10-22-11-5-14)12-13-2-8-20(9-3-13)16-17-6-1-7-18-16/h1,6-7,13-14H,2-5,8-12H2,(H,19,21). The predicted molar refractivity (Wildman–Crippen MR) is 83.6 cm³/mol. The van der Waals surface area contributed by atoms with Gasteiger partial charge in [0.05, 0.1) is 0 Å². The zero-order valence-electron chi connectivity index (χ0n) is 12.9. The number of carbonyl (C=O) groups excluding carboxylic acids is 1. The van der Waals surface area contributed by atoms with Gasteiger partial charge < -0.3 is 15.0 Å². The Kier molecular flexibility index (Phi) is 5.21. The molecule has 6 nitrogen and oxygen atoms in total. The molecule has 120 valence electrons. The molecule has 1 amide bonds. The fraction of sp³-hybridized carbons (Fsp3) is 0.688. The van der Waals surface area contributed by atoms with Gasteiger partial charge in [0.1, 0.15) is 0 Å². The average molecular weight is 304 g/mol. The van der Waals surface area contributed by atoms with Crippen LogP contribution in [0.4, 0.5) is 5.95 Å². The van der Waals surface area contributed by atoms with Gasteiger partial charge in [0, 0.05) is 51.2 Å². The Morgan fingerprint density at radius 1 is 1.18 bits per heavy atom. The van der Waals surface area contributed by atoms with E-state index in [9.17, 15) is 4.79 Å². The summed E-state index contributed by atoms with van der Waals surface area (Å²) in [5.74, 6) is 1.47. The summed E-state index contributed by atoms with van der Waals surface area (Å²) in [6.07, 6.45) is 8.12. The third-order valence-corrected chi connectivity index (χ3v) is 4.51. The van der Waals surface area contributed by atoms with E-state index in [2.05, 4.69) is 20.2 Å². The Labute approximate surface area is 131 Å². The average Bonchev–Trinajstić information content (AvgIpc) is 2.57. The van der Waals surface area contributed by atoms with Crippen LogP contribution in [0.2, 0.25) is 0 Å². The number of anilines is 1. The van der Waals surface area contributed by atoms with E-state index in [1.54, 1.807) is 12.4 Å². The number of aromatic nitrogens is 2. The number of nitrogens with zero attached hydrogens (tertiary/aromatic N) is 3. The third-order valence-electron chi connectivity index (χ3n) is 4.51. The van der Waals surface area contributed by atoms with Crippen LogP contribution in [0.1, 0.15) is 32.1 Å².